The highest BCUT2D eigenvalue weighted by atomic mass is 19.2. The first-order valence-electron chi connectivity index (χ1n) is 5.75. The third-order valence-corrected chi connectivity index (χ3v) is 2.63. The molecule has 2 aromatic rings. The number of rotatable bonds is 4. The zero-order valence-corrected chi connectivity index (χ0v) is 10.4. The van der Waals surface area contributed by atoms with Crippen LogP contribution < -0.4 is 16.6 Å². The van der Waals surface area contributed by atoms with Crippen molar-refractivity contribution in [1.82, 2.24) is 10.4 Å². The summed E-state index contributed by atoms with van der Waals surface area (Å²) in [6, 6.07) is 6.69. The van der Waals surface area contributed by atoms with E-state index < -0.39 is 17.5 Å². The fourth-order valence-corrected chi connectivity index (χ4v) is 1.64. The summed E-state index contributed by atoms with van der Waals surface area (Å²) in [6.07, 6.45) is 1.50. The third-order valence-electron chi connectivity index (χ3n) is 2.63. The number of aromatic nitrogens is 1. The minimum Gasteiger partial charge on any atom is -0.365 e. The van der Waals surface area contributed by atoms with E-state index in [1.54, 1.807) is 12.1 Å². The Morgan fingerprint density at radius 3 is 2.75 bits per heavy atom. The van der Waals surface area contributed by atoms with Gasteiger partial charge in [-0.1, -0.05) is 6.07 Å². The Balaban J connectivity index is 2.14. The summed E-state index contributed by atoms with van der Waals surface area (Å²) < 4.78 is 25.9. The second kappa shape index (κ2) is 6.07. The number of anilines is 1. The summed E-state index contributed by atoms with van der Waals surface area (Å²) in [5, 5.41) is 2.87. The summed E-state index contributed by atoms with van der Waals surface area (Å²) in [5.74, 6) is 3.05. The fraction of sp³-hybridized carbons (Fsp3) is 0.0769. The number of hydrogen-bond acceptors (Lipinski definition) is 4. The van der Waals surface area contributed by atoms with E-state index in [0.29, 0.717) is 11.4 Å². The van der Waals surface area contributed by atoms with Gasteiger partial charge in [-0.25, -0.2) is 19.6 Å². The minimum atomic E-state index is -0.926. The number of hydrogen-bond donors (Lipinski definition) is 3. The molecule has 0 aliphatic heterocycles. The standard InChI is InChI=1S/C13H12F2N4O/c14-10-4-3-8(6-11(10)15)7-18-12-9(13(20)19-16)2-1-5-17-12/h1-6H,7,16H2,(H,17,18)(H,19,20). The predicted octanol–water partition coefficient (Wildman–Crippen LogP) is 1.58. The lowest BCUT2D eigenvalue weighted by molar-refractivity contribution is 0.0954. The number of benzene rings is 1. The monoisotopic (exact) mass is 278 g/mol. The number of nitrogens with one attached hydrogen (secondary N) is 2. The smallest absolute Gasteiger partial charge is 0.268 e. The maximum Gasteiger partial charge on any atom is 0.268 e. The maximum atomic E-state index is 13.1. The van der Waals surface area contributed by atoms with Crippen molar-refractivity contribution in [2.24, 2.45) is 5.84 Å². The van der Waals surface area contributed by atoms with E-state index in [-0.39, 0.29) is 12.1 Å². The van der Waals surface area contributed by atoms with Crippen molar-refractivity contribution in [1.29, 1.82) is 0 Å². The van der Waals surface area contributed by atoms with Crippen molar-refractivity contribution in [2.45, 2.75) is 6.54 Å². The first-order chi connectivity index (χ1) is 9.61. The van der Waals surface area contributed by atoms with Gasteiger partial charge in [0.2, 0.25) is 0 Å². The van der Waals surface area contributed by atoms with Gasteiger partial charge >= 0.3 is 0 Å². The highest BCUT2D eigenvalue weighted by Gasteiger charge is 2.10. The molecule has 1 amide bonds. The van der Waals surface area contributed by atoms with Crippen LogP contribution in [0.15, 0.2) is 36.5 Å². The average Bonchev–Trinajstić information content (AvgIpc) is 2.48. The van der Waals surface area contributed by atoms with Gasteiger partial charge in [0, 0.05) is 12.7 Å². The zero-order chi connectivity index (χ0) is 14.5. The van der Waals surface area contributed by atoms with Gasteiger partial charge in [-0.15, -0.1) is 0 Å². The second-order valence-corrected chi connectivity index (χ2v) is 3.98. The molecule has 0 saturated carbocycles. The Kier molecular flexibility index (Phi) is 4.21. The van der Waals surface area contributed by atoms with Crippen molar-refractivity contribution < 1.29 is 13.6 Å². The molecule has 2 rings (SSSR count). The first-order valence-corrected chi connectivity index (χ1v) is 5.75. The number of carbonyl (C=O) groups is 1. The van der Waals surface area contributed by atoms with Crippen molar-refractivity contribution in [2.75, 3.05) is 5.32 Å². The minimum absolute atomic E-state index is 0.194. The molecule has 0 saturated heterocycles. The number of nitrogens with zero attached hydrogens (tertiary/aromatic N) is 1. The lowest BCUT2D eigenvalue weighted by Crippen LogP contribution is -2.30. The fourth-order valence-electron chi connectivity index (χ4n) is 1.64. The summed E-state index contributed by atoms with van der Waals surface area (Å²) in [6.45, 7) is 0.194. The van der Waals surface area contributed by atoms with Crippen molar-refractivity contribution in [3.63, 3.8) is 0 Å². The van der Waals surface area contributed by atoms with Gasteiger partial charge in [-0.3, -0.25) is 10.2 Å². The second-order valence-electron chi connectivity index (χ2n) is 3.98. The molecule has 1 aromatic heterocycles. The van der Waals surface area contributed by atoms with Gasteiger partial charge in [-0.05, 0) is 29.8 Å². The van der Waals surface area contributed by atoms with Crippen LogP contribution in [0.3, 0.4) is 0 Å². The van der Waals surface area contributed by atoms with E-state index in [9.17, 15) is 13.6 Å². The third kappa shape index (κ3) is 3.07. The number of hydrazine groups is 1. The van der Waals surface area contributed by atoms with Crippen LogP contribution in [0.2, 0.25) is 0 Å². The maximum absolute atomic E-state index is 13.1. The van der Waals surface area contributed by atoms with Gasteiger partial charge < -0.3 is 5.32 Å². The number of nitrogens with two attached hydrogens (primary N) is 1. The molecule has 0 radical (unpaired) electrons. The van der Waals surface area contributed by atoms with Crippen LogP contribution >= 0.6 is 0 Å². The summed E-state index contributed by atoms with van der Waals surface area (Å²) in [7, 11) is 0. The first kappa shape index (κ1) is 13.9. The lowest BCUT2D eigenvalue weighted by Gasteiger charge is -2.10. The molecule has 20 heavy (non-hydrogen) atoms. The normalized spacial score (nSPS) is 10.2. The van der Waals surface area contributed by atoms with Crippen LogP contribution in [0, 0.1) is 11.6 Å². The number of carbonyl (C=O) groups excluding carboxylic acids is 1. The highest BCUT2D eigenvalue weighted by Crippen LogP contribution is 2.14. The molecular formula is C13H12F2N4O. The number of nitrogen functional groups attached to an aromatic ring is 1. The molecule has 7 heteroatoms. The highest BCUT2D eigenvalue weighted by molar-refractivity contribution is 5.98. The van der Waals surface area contributed by atoms with Gasteiger partial charge in [0.15, 0.2) is 11.6 Å². The molecule has 5 nitrogen and oxygen atoms in total. The number of pyridine rings is 1. The number of amides is 1. The van der Waals surface area contributed by atoms with Gasteiger partial charge in [0.1, 0.15) is 5.82 Å². The summed E-state index contributed by atoms with van der Waals surface area (Å²) in [4.78, 5) is 15.5. The lowest BCUT2D eigenvalue weighted by atomic mass is 10.2. The molecule has 0 unspecified atom stereocenters. The van der Waals surface area contributed by atoms with Crippen molar-refractivity contribution in [3.8, 4) is 0 Å². The van der Waals surface area contributed by atoms with Crippen LogP contribution in [-0.2, 0) is 6.54 Å². The zero-order valence-electron chi connectivity index (χ0n) is 10.4. The molecule has 1 heterocycles. The van der Waals surface area contributed by atoms with Gasteiger partial charge in [-0.2, -0.15) is 0 Å². The molecule has 0 bridgehead atoms. The Morgan fingerprint density at radius 2 is 2.05 bits per heavy atom. The van der Waals surface area contributed by atoms with Crippen LogP contribution in [-0.4, -0.2) is 10.9 Å². The molecule has 0 spiro atoms. The Labute approximate surface area is 113 Å². The van der Waals surface area contributed by atoms with Crippen molar-refractivity contribution in [3.05, 3.63) is 59.3 Å². The summed E-state index contributed by atoms with van der Waals surface area (Å²) >= 11 is 0. The summed E-state index contributed by atoms with van der Waals surface area (Å²) in [5.41, 5.74) is 2.79. The molecule has 1 aromatic carbocycles. The van der Waals surface area contributed by atoms with Crippen LogP contribution in [0.25, 0.3) is 0 Å². The number of halogens is 2. The van der Waals surface area contributed by atoms with Crippen LogP contribution in [0.4, 0.5) is 14.6 Å². The molecule has 0 fully saturated rings. The average molecular weight is 278 g/mol. The Morgan fingerprint density at radius 1 is 1.25 bits per heavy atom. The van der Waals surface area contributed by atoms with Crippen molar-refractivity contribution >= 4 is 11.7 Å². The molecular weight excluding hydrogens is 266 g/mol. The van der Waals surface area contributed by atoms with E-state index in [0.717, 1.165) is 12.1 Å². The van der Waals surface area contributed by atoms with E-state index in [2.05, 4.69) is 10.3 Å². The Bertz CT molecular complexity index is 634. The van der Waals surface area contributed by atoms with E-state index in [4.69, 9.17) is 5.84 Å². The largest absolute Gasteiger partial charge is 0.365 e. The topological polar surface area (TPSA) is 80.0 Å². The van der Waals surface area contributed by atoms with E-state index >= 15 is 0 Å². The SMILES string of the molecule is NNC(=O)c1cccnc1NCc1ccc(F)c(F)c1. The van der Waals surface area contributed by atoms with E-state index in [1.807, 2.05) is 5.43 Å². The molecule has 0 aliphatic rings. The quantitative estimate of drug-likeness (QED) is 0.450. The molecule has 0 aliphatic carbocycles. The van der Waals surface area contributed by atoms with Crippen LogP contribution in [0.1, 0.15) is 15.9 Å². The molecule has 0 atom stereocenters. The molecule has 4 N–H and O–H groups in total. The molecule has 104 valence electrons. The predicted molar refractivity (Wildman–Crippen MR) is 69.6 cm³/mol. The van der Waals surface area contributed by atoms with Gasteiger partial charge in [0.25, 0.3) is 5.91 Å². The van der Waals surface area contributed by atoms with Crippen LogP contribution in [0.5, 0.6) is 0 Å². The Hall–Kier alpha value is -2.54. The van der Waals surface area contributed by atoms with Gasteiger partial charge in [0.05, 0.1) is 5.56 Å². The van der Waals surface area contributed by atoms with E-state index in [1.165, 1.54) is 12.3 Å².